The van der Waals surface area contributed by atoms with Crippen LogP contribution in [0.15, 0.2) is 18.3 Å². The number of carbonyl (C=O) groups is 1. The molecule has 1 heterocycles. The minimum atomic E-state index is -0.763. The molecular weight excluding hydrogens is 223 g/mol. The standard InChI is InChI=1S/C12H17FN2O2/c1-12(2,3)17-11(16)9(14)6-8-4-5-10(13)15-7-8/h4-5,7,9H,6,14H2,1-3H3/t9-/m0/s1. The Morgan fingerprint density at radius 3 is 2.65 bits per heavy atom. The van der Waals surface area contributed by atoms with Gasteiger partial charge in [-0.15, -0.1) is 0 Å². The molecule has 0 aromatic carbocycles. The van der Waals surface area contributed by atoms with E-state index in [2.05, 4.69) is 4.98 Å². The van der Waals surface area contributed by atoms with Gasteiger partial charge in [0.1, 0.15) is 11.6 Å². The van der Waals surface area contributed by atoms with Crippen LogP contribution in [0.25, 0.3) is 0 Å². The largest absolute Gasteiger partial charge is 0.459 e. The van der Waals surface area contributed by atoms with E-state index in [0.717, 1.165) is 0 Å². The van der Waals surface area contributed by atoms with Crippen LogP contribution in [0.2, 0.25) is 0 Å². The Balaban J connectivity index is 2.57. The van der Waals surface area contributed by atoms with Gasteiger partial charge in [-0.1, -0.05) is 6.07 Å². The molecule has 0 aliphatic rings. The van der Waals surface area contributed by atoms with E-state index in [9.17, 15) is 9.18 Å². The van der Waals surface area contributed by atoms with Crippen molar-refractivity contribution in [3.05, 3.63) is 29.8 Å². The lowest BCUT2D eigenvalue weighted by Crippen LogP contribution is -2.38. The monoisotopic (exact) mass is 240 g/mol. The van der Waals surface area contributed by atoms with E-state index < -0.39 is 23.6 Å². The summed E-state index contributed by atoms with van der Waals surface area (Å²) in [4.78, 5) is 15.1. The van der Waals surface area contributed by atoms with Crippen LogP contribution in [0.1, 0.15) is 26.3 Å². The highest BCUT2D eigenvalue weighted by molar-refractivity contribution is 5.76. The number of carbonyl (C=O) groups excluding carboxylic acids is 1. The molecule has 0 aliphatic carbocycles. The first-order valence-electron chi connectivity index (χ1n) is 5.37. The van der Waals surface area contributed by atoms with Crippen molar-refractivity contribution in [3.8, 4) is 0 Å². The Morgan fingerprint density at radius 2 is 2.18 bits per heavy atom. The summed E-state index contributed by atoms with van der Waals surface area (Å²) in [6.07, 6.45) is 1.64. The van der Waals surface area contributed by atoms with Crippen molar-refractivity contribution in [1.29, 1.82) is 0 Å². The van der Waals surface area contributed by atoms with Crippen molar-refractivity contribution in [2.24, 2.45) is 5.73 Å². The van der Waals surface area contributed by atoms with Crippen molar-refractivity contribution in [2.75, 3.05) is 0 Å². The highest BCUT2D eigenvalue weighted by Crippen LogP contribution is 2.10. The number of halogens is 1. The number of nitrogens with zero attached hydrogens (tertiary/aromatic N) is 1. The zero-order valence-electron chi connectivity index (χ0n) is 10.2. The number of pyridine rings is 1. The SMILES string of the molecule is CC(C)(C)OC(=O)[C@@H](N)Cc1ccc(F)nc1. The number of ether oxygens (including phenoxy) is 1. The van der Waals surface area contributed by atoms with E-state index >= 15 is 0 Å². The van der Waals surface area contributed by atoms with Gasteiger partial charge in [-0.25, -0.2) is 4.98 Å². The number of hydrogen-bond acceptors (Lipinski definition) is 4. The van der Waals surface area contributed by atoms with Crippen LogP contribution >= 0.6 is 0 Å². The lowest BCUT2D eigenvalue weighted by molar-refractivity contribution is -0.156. The molecule has 0 saturated heterocycles. The molecule has 0 radical (unpaired) electrons. The highest BCUT2D eigenvalue weighted by Gasteiger charge is 2.22. The first-order valence-corrected chi connectivity index (χ1v) is 5.37. The highest BCUT2D eigenvalue weighted by atomic mass is 19.1. The van der Waals surface area contributed by atoms with Crippen LogP contribution < -0.4 is 5.73 Å². The summed E-state index contributed by atoms with van der Waals surface area (Å²) in [5, 5.41) is 0. The van der Waals surface area contributed by atoms with Crippen molar-refractivity contribution >= 4 is 5.97 Å². The second-order valence-electron chi connectivity index (χ2n) is 4.83. The van der Waals surface area contributed by atoms with Gasteiger partial charge in [0.25, 0.3) is 0 Å². The van der Waals surface area contributed by atoms with Crippen LogP contribution in [0.3, 0.4) is 0 Å². The molecule has 1 aromatic rings. The van der Waals surface area contributed by atoms with Gasteiger partial charge < -0.3 is 10.5 Å². The average Bonchev–Trinajstić information content (AvgIpc) is 2.19. The maximum absolute atomic E-state index is 12.6. The van der Waals surface area contributed by atoms with Gasteiger partial charge in [0.15, 0.2) is 0 Å². The molecule has 0 unspecified atom stereocenters. The Morgan fingerprint density at radius 1 is 1.53 bits per heavy atom. The summed E-state index contributed by atoms with van der Waals surface area (Å²) in [5.74, 6) is -1.03. The summed E-state index contributed by atoms with van der Waals surface area (Å²) in [5.41, 5.74) is 5.84. The van der Waals surface area contributed by atoms with Gasteiger partial charge >= 0.3 is 5.97 Å². The van der Waals surface area contributed by atoms with E-state index in [1.807, 2.05) is 0 Å². The maximum atomic E-state index is 12.6. The van der Waals surface area contributed by atoms with Crippen LogP contribution in [-0.4, -0.2) is 22.6 Å². The van der Waals surface area contributed by atoms with Gasteiger partial charge in [0.05, 0.1) is 0 Å². The van der Waals surface area contributed by atoms with E-state index in [-0.39, 0.29) is 6.42 Å². The normalized spacial score (nSPS) is 13.2. The molecule has 1 aromatic heterocycles. The number of hydrogen-bond donors (Lipinski definition) is 1. The van der Waals surface area contributed by atoms with Crippen LogP contribution in [-0.2, 0) is 16.0 Å². The molecule has 1 rings (SSSR count). The average molecular weight is 240 g/mol. The molecule has 0 fully saturated rings. The zero-order chi connectivity index (χ0) is 13.1. The predicted octanol–water partition coefficient (Wildman–Crippen LogP) is 1.43. The quantitative estimate of drug-likeness (QED) is 0.641. The van der Waals surface area contributed by atoms with Crippen molar-refractivity contribution in [3.63, 3.8) is 0 Å². The third-order valence-corrected chi connectivity index (χ3v) is 1.95. The second kappa shape index (κ2) is 5.23. The molecule has 0 aliphatic heterocycles. The van der Waals surface area contributed by atoms with Crippen molar-refractivity contribution < 1.29 is 13.9 Å². The second-order valence-corrected chi connectivity index (χ2v) is 4.83. The van der Waals surface area contributed by atoms with Gasteiger partial charge in [-0.2, -0.15) is 4.39 Å². The van der Waals surface area contributed by atoms with E-state index in [4.69, 9.17) is 10.5 Å². The Bertz CT molecular complexity index is 384. The maximum Gasteiger partial charge on any atom is 0.323 e. The minimum Gasteiger partial charge on any atom is -0.459 e. The van der Waals surface area contributed by atoms with E-state index in [1.54, 1.807) is 26.8 Å². The molecule has 4 nitrogen and oxygen atoms in total. The fourth-order valence-corrected chi connectivity index (χ4v) is 1.24. The molecule has 0 saturated carbocycles. The first-order chi connectivity index (χ1) is 7.78. The molecule has 0 bridgehead atoms. The molecule has 0 amide bonds. The van der Waals surface area contributed by atoms with Gasteiger partial charge in [0, 0.05) is 6.20 Å². The van der Waals surface area contributed by atoms with Crippen molar-refractivity contribution in [2.45, 2.75) is 38.8 Å². The first kappa shape index (κ1) is 13.6. The summed E-state index contributed by atoms with van der Waals surface area (Å²) < 4.78 is 17.7. The number of nitrogens with two attached hydrogens (primary N) is 1. The van der Waals surface area contributed by atoms with Crippen molar-refractivity contribution in [1.82, 2.24) is 4.98 Å². The fourth-order valence-electron chi connectivity index (χ4n) is 1.24. The van der Waals surface area contributed by atoms with Gasteiger partial charge in [-0.05, 0) is 38.8 Å². The molecule has 94 valence electrons. The predicted molar refractivity (Wildman–Crippen MR) is 61.7 cm³/mol. The topological polar surface area (TPSA) is 65.2 Å². The van der Waals surface area contributed by atoms with Crippen LogP contribution in [0.4, 0.5) is 4.39 Å². The summed E-state index contributed by atoms with van der Waals surface area (Å²) in [6, 6.07) is 2.02. The number of aromatic nitrogens is 1. The number of rotatable bonds is 3. The molecule has 17 heavy (non-hydrogen) atoms. The molecule has 5 heteroatoms. The van der Waals surface area contributed by atoms with Gasteiger partial charge in [-0.3, -0.25) is 4.79 Å². The number of esters is 1. The zero-order valence-corrected chi connectivity index (χ0v) is 10.2. The molecule has 2 N–H and O–H groups in total. The van der Waals surface area contributed by atoms with E-state index in [0.29, 0.717) is 5.56 Å². The molecule has 0 spiro atoms. The Kier molecular flexibility index (Phi) is 4.17. The lowest BCUT2D eigenvalue weighted by atomic mass is 10.1. The Labute approximate surface area is 100.0 Å². The summed E-state index contributed by atoms with van der Waals surface area (Å²) >= 11 is 0. The molecular formula is C12H17FN2O2. The smallest absolute Gasteiger partial charge is 0.323 e. The van der Waals surface area contributed by atoms with E-state index in [1.165, 1.54) is 12.3 Å². The van der Waals surface area contributed by atoms with Crippen LogP contribution in [0.5, 0.6) is 0 Å². The van der Waals surface area contributed by atoms with Crippen LogP contribution in [0, 0.1) is 5.95 Å². The minimum absolute atomic E-state index is 0.280. The Hall–Kier alpha value is -1.49. The summed E-state index contributed by atoms with van der Waals surface area (Å²) in [7, 11) is 0. The lowest BCUT2D eigenvalue weighted by Gasteiger charge is -2.22. The third kappa shape index (κ3) is 4.91. The molecule has 1 atom stereocenters. The third-order valence-electron chi connectivity index (χ3n) is 1.95. The fraction of sp³-hybridized carbons (Fsp3) is 0.500. The van der Waals surface area contributed by atoms with Gasteiger partial charge in [0.2, 0.25) is 5.95 Å². The summed E-state index contributed by atoms with van der Waals surface area (Å²) in [6.45, 7) is 5.32.